The van der Waals surface area contributed by atoms with Crippen LogP contribution in [0, 0.1) is 5.82 Å². The molecule has 0 aliphatic rings. The first kappa shape index (κ1) is 20.5. The number of anilines is 1. The summed E-state index contributed by atoms with van der Waals surface area (Å²) in [7, 11) is 0. The van der Waals surface area contributed by atoms with Gasteiger partial charge in [0.25, 0.3) is 0 Å². The van der Waals surface area contributed by atoms with Crippen molar-refractivity contribution in [2.24, 2.45) is 0 Å². The highest BCUT2D eigenvalue weighted by Gasteiger charge is 2.32. The minimum absolute atomic E-state index is 0.0689. The molecule has 9 heteroatoms. The fraction of sp³-hybridized carbons (Fsp3) is 0.333. The molecule has 1 heterocycles. The maximum atomic E-state index is 13.8. The summed E-state index contributed by atoms with van der Waals surface area (Å²) in [4.78, 5) is 14.9. The molecule has 0 fully saturated rings. The van der Waals surface area contributed by atoms with Crippen LogP contribution in [0.4, 0.5) is 23.2 Å². The lowest BCUT2D eigenvalue weighted by Crippen LogP contribution is -2.21. The molecule has 0 bridgehead atoms. The number of nitrogens with one attached hydrogen (secondary N) is 2. The van der Waals surface area contributed by atoms with Gasteiger partial charge in [-0.2, -0.15) is 0 Å². The third-order valence-electron chi connectivity index (χ3n) is 3.52. The SMILES string of the molecule is CC(=O)NCCCCNc1ccnc(-c2ccc(OC(F)(F)F)c(F)c2)c1. The van der Waals surface area contributed by atoms with Crippen LogP contribution in [-0.2, 0) is 4.79 Å². The van der Waals surface area contributed by atoms with Crippen molar-refractivity contribution >= 4 is 11.6 Å². The molecule has 0 saturated heterocycles. The van der Waals surface area contributed by atoms with Crippen molar-refractivity contribution in [1.29, 1.82) is 0 Å². The first-order valence-corrected chi connectivity index (χ1v) is 8.24. The highest BCUT2D eigenvalue weighted by Crippen LogP contribution is 2.29. The summed E-state index contributed by atoms with van der Waals surface area (Å²) in [6, 6.07) is 6.58. The lowest BCUT2D eigenvalue weighted by atomic mass is 10.1. The van der Waals surface area contributed by atoms with Gasteiger partial charge in [0.1, 0.15) is 0 Å². The zero-order valence-corrected chi connectivity index (χ0v) is 14.6. The van der Waals surface area contributed by atoms with E-state index >= 15 is 0 Å². The fourth-order valence-corrected chi connectivity index (χ4v) is 2.31. The first-order valence-electron chi connectivity index (χ1n) is 8.24. The predicted octanol–water partition coefficient (Wildman–Crippen LogP) is 4.11. The zero-order chi connectivity index (χ0) is 19.9. The standard InChI is InChI=1S/C18H19F4N3O2/c1-12(26)23-7-2-3-8-24-14-6-9-25-16(11-14)13-4-5-17(15(19)10-13)27-18(20,21)22/h4-6,9-11H,2-3,7-8H2,1H3,(H,23,26)(H,24,25). The van der Waals surface area contributed by atoms with E-state index in [4.69, 9.17) is 0 Å². The molecule has 1 aromatic heterocycles. The number of carbonyl (C=O) groups excluding carboxylic acids is 1. The molecule has 1 amide bonds. The molecule has 0 aliphatic carbocycles. The fourth-order valence-electron chi connectivity index (χ4n) is 2.31. The largest absolute Gasteiger partial charge is 0.573 e. The number of pyridine rings is 1. The molecular formula is C18H19F4N3O2. The Kier molecular flexibility index (Phi) is 6.98. The number of halogens is 4. The van der Waals surface area contributed by atoms with Gasteiger partial charge in [-0.1, -0.05) is 0 Å². The molecule has 2 N–H and O–H groups in total. The number of nitrogens with zero attached hydrogens (tertiary/aromatic N) is 1. The molecule has 2 aromatic rings. The second-order valence-electron chi connectivity index (χ2n) is 5.74. The topological polar surface area (TPSA) is 63.2 Å². The van der Waals surface area contributed by atoms with Gasteiger partial charge in [-0.25, -0.2) is 4.39 Å². The van der Waals surface area contributed by atoms with E-state index in [1.54, 1.807) is 12.1 Å². The van der Waals surface area contributed by atoms with Gasteiger partial charge in [0.15, 0.2) is 11.6 Å². The van der Waals surface area contributed by atoms with Crippen LogP contribution in [0.25, 0.3) is 11.3 Å². The summed E-state index contributed by atoms with van der Waals surface area (Å²) in [6.45, 7) is 2.72. The van der Waals surface area contributed by atoms with Gasteiger partial charge < -0.3 is 15.4 Å². The van der Waals surface area contributed by atoms with Crippen LogP contribution in [-0.4, -0.2) is 30.3 Å². The Morgan fingerprint density at radius 1 is 1.15 bits per heavy atom. The Bertz CT molecular complexity index is 781. The Morgan fingerprint density at radius 2 is 1.89 bits per heavy atom. The van der Waals surface area contributed by atoms with Gasteiger partial charge in [-0.05, 0) is 43.2 Å². The number of aromatic nitrogens is 1. The van der Waals surface area contributed by atoms with Gasteiger partial charge in [0.2, 0.25) is 5.91 Å². The molecule has 27 heavy (non-hydrogen) atoms. The normalized spacial score (nSPS) is 11.1. The number of hydrogen-bond acceptors (Lipinski definition) is 4. The molecule has 0 aliphatic heterocycles. The number of carbonyl (C=O) groups is 1. The van der Waals surface area contributed by atoms with Gasteiger partial charge in [-0.3, -0.25) is 9.78 Å². The zero-order valence-electron chi connectivity index (χ0n) is 14.6. The maximum Gasteiger partial charge on any atom is 0.573 e. The number of hydrogen-bond donors (Lipinski definition) is 2. The summed E-state index contributed by atoms with van der Waals surface area (Å²) >= 11 is 0. The number of ether oxygens (including phenoxy) is 1. The van der Waals surface area contributed by atoms with Crippen LogP contribution in [0.1, 0.15) is 19.8 Å². The van der Waals surface area contributed by atoms with Crippen LogP contribution in [0.15, 0.2) is 36.5 Å². The van der Waals surface area contributed by atoms with E-state index in [1.165, 1.54) is 19.2 Å². The van der Waals surface area contributed by atoms with E-state index in [0.29, 0.717) is 24.3 Å². The summed E-state index contributed by atoms with van der Waals surface area (Å²) in [5, 5.41) is 5.89. The van der Waals surface area contributed by atoms with Crippen molar-refractivity contribution in [2.45, 2.75) is 26.1 Å². The number of amides is 1. The second-order valence-corrected chi connectivity index (χ2v) is 5.74. The van der Waals surface area contributed by atoms with Crippen molar-refractivity contribution in [3.63, 3.8) is 0 Å². The van der Waals surface area contributed by atoms with Crippen molar-refractivity contribution in [3.8, 4) is 17.0 Å². The third-order valence-corrected chi connectivity index (χ3v) is 3.52. The van der Waals surface area contributed by atoms with Crippen LogP contribution < -0.4 is 15.4 Å². The van der Waals surface area contributed by atoms with Gasteiger partial charge in [0.05, 0.1) is 5.69 Å². The molecule has 0 spiro atoms. The first-order chi connectivity index (χ1) is 12.7. The minimum Gasteiger partial charge on any atom is -0.403 e. The molecule has 0 unspecified atom stereocenters. The van der Waals surface area contributed by atoms with Crippen LogP contribution in [0.5, 0.6) is 5.75 Å². The van der Waals surface area contributed by atoms with E-state index in [9.17, 15) is 22.4 Å². The van der Waals surface area contributed by atoms with E-state index in [0.717, 1.165) is 30.7 Å². The van der Waals surface area contributed by atoms with Gasteiger partial charge in [-0.15, -0.1) is 13.2 Å². The lowest BCUT2D eigenvalue weighted by Gasteiger charge is -2.11. The third kappa shape index (κ3) is 7.12. The summed E-state index contributed by atoms with van der Waals surface area (Å²) < 4.78 is 54.1. The second kappa shape index (κ2) is 9.20. The average Bonchev–Trinajstić information content (AvgIpc) is 2.58. The minimum atomic E-state index is -4.95. The van der Waals surface area contributed by atoms with E-state index in [2.05, 4.69) is 20.4 Å². The Balaban J connectivity index is 1.96. The van der Waals surface area contributed by atoms with E-state index < -0.39 is 17.9 Å². The number of alkyl halides is 3. The number of unbranched alkanes of at least 4 members (excludes halogenated alkanes) is 1. The van der Waals surface area contributed by atoms with Crippen LogP contribution >= 0.6 is 0 Å². The maximum absolute atomic E-state index is 13.8. The van der Waals surface area contributed by atoms with Crippen molar-refractivity contribution in [3.05, 3.63) is 42.3 Å². The van der Waals surface area contributed by atoms with E-state index in [1.807, 2.05) is 0 Å². The smallest absolute Gasteiger partial charge is 0.403 e. The van der Waals surface area contributed by atoms with Gasteiger partial charge in [0, 0.05) is 37.5 Å². The molecule has 0 saturated carbocycles. The van der Waals surface area contributed by atoms with Crippen LogP contribution in [0.3, 0.4) is 0 Å². The van der Waals surface area contributed by atoms with Crippen molar-refractivity contribution in [1.82, 2.24) is 10.3 Å². The Hall–Kier alpha value is -2.84. The molecule has 2 rings (SSSR count). The lowest BCUT2D eigenvalue weighted by molar-refractivity contribution is -0.275. The van der Waals surface area contributed by atoms with Crippen LogP contribution in [0.2, 0.25) is 0 Å². The number of rotatable bonds is 8. The van der Waals surface area contributed by atoms with Crippen molar-refractivity contribution in [2.75, 3.05) is 18.4 Å². The Morgan fingerprint density at radius 3 is 2.56 bits per heavy atom. The Labute approximate surface area is 153 Å². The van der Waals surface area contributed by atoms with E-state index in [-0.39, 0.29) is 5.91 Å². The quantitative estimate of drug-likeness (QED) is 0.530. The number of benzene rings is 1. The molecule has 5 nitrogen and oxygen atoms in total. The summed E-state index contributed by atoms with van der Waals surface area (Å²) in [6.07, 6.45) is -1.79. The molecule has 0 atom stereocenters. The summed E-state index contributed by atoms with van der Waals surface area (Å²) in [5.74, 6) is -2.08. The molecular weight excluding hydrogens is 366 g/mol. The summed E-state index contributed by atoms with van der Waals surface area (Å²) in [5.41, 5.74) is 1.49. The monoisotopic (exact) mass is 385 g/mol. The molecule has 1 aromatic carbocycles. The highest BCUT2D eigenvalue weighted by molar-refractivity contribution is 5.72. The van der Waals surface area contributed by atoms with Gasteiger partial charge >= 0.3 is 6.36 Å². The highest BCUT2D eigenvalue weighted by atomic mass is 19.4. The molecule has 146 valence electrons. The van der Waals surface area contributed by atoms with Crippen molar-refractivity contribution < 1.29 is 27.1 Å². The molecule has 0 radical (unpaired) electrons. The predicted molar refractivity (Wildman–Crippen MR) is 92.7 cm³/mol. The average molecular weight is 385 g/mol.